The zero-order chi connectivity index (χ0) is 16.7. The van der Waals surface area contributed by atoms with E-state index in [0.29, 0.717) is 12.4 Å². The molecule has 0 N–H and O–H groups in total. The summed E-state index contributed by atoms with van der Waals surface area (Å²) in [5.74, 6) is 6.14. The fourth-order valence-corrected chi connectivity index (χ4v) is 2.79. The van der Waals surface area contributed by atoms with E-state index in [9.17, 15) is 4.79 Å². The lowest BCUT2D eigenvalue weighted by Gasteiger charge is -2.15. The van der Waals surface area contributed by atoms with Crippen LogP contribution in [-0.2, 0) is 11.5 Å². The van der Waals surface area contributed by atoms with Crippen molar-refractivity contribution in [2.24, 2.45) is 0 Å². The topological polar surface area (TPSA) is 31.2 Å². The molecule has 0 unspecified atom stereocenters. The van der Waals surface area contributed by atoms with Crippen LogP contribution in [0.15, 0.2) is 42.6 Å². The molecular weight excluding hydrogens is 302 g/mol. The third-order valence-electron chi connectivity index (χ3n) is 3.46. The summed E-state index contributed by atoms with van der Waals surface area (Å²) in [5.41, 5.74) is 2.24. The maximum atomic E-state index is 11.4. The van der Waals surface area contributed by atoms with E-state index >= 15 is 0 Å². The lowest BCUT2D eigenvalue weighted by Crippen LogP contribution is -2.22. The lowest BCUT2D eigenvalue weighted by molar-refractivity contribution is 0.0837. The summed E-state index contributed by atoms with van der Waals surface area (Å²) in [6, 6.07) is 12.7. The maximum absolute atomic E-state index is 11.4. The molecule has 120 valence electrons. The fraction of sp³-hybridized carbons (Fsp3) is 0.316. The van der Waals surface area contributed by atoms with Gasteiger partial charge in [-0.3, -0.25) is 4.79 Å². The molecule has 0 aliphatic heterocycles. The van der Waals surface area contributed by atoms with Crippen LogP contribution in [0.1, 0.15) is 21.6 Å². The van der Waals surface area contributed by atoms with E-state index < -0.39 is 8.07 Å². The largest absolute Gasteiger partial charge is 0.361 e. The van der Waals surface area contributed by atoms with Gasteiger partial charge in [-0.15, -0.1) is 0 Å². The summed E-state index contributed by atoms with van der Waals surface area (Å²) in [6.45, 7) is 8.09. The predicted octanol–water partition coefficient (Wildman–Crippen LogP) is 4.01. The van der Waals surface area contributed by atoms with Crippen LogP contribution < -0.4 is 0 Å². The number of nitrogens with zero attached hydrogens (tertiary/aromatic N) is 1. The Morgan fingerprint density at radius 1 is 1.13 bits per heavy atom. The van der Waals surface area contributed by atoms with Gasteiger partial charge in [-0.2, -0.15) is 0 Å². The molecule has 0 saturated heterocycles. The number of hydrogen-bond donors (Lipinski definition) is 0. The molecule has 3 nitrogen and oxygen atoms in total. The number of rotatable bonds is 6. The first-order valence-corrected chi connectivity index (χ1v) is 11.5. The molecule has 4 heteroatoms. The highest BCUT2D eigenvalue weighted by molar-refractivity contribution is 6.76. The van der Waals surface area contributed by atoms with Gasteiger partial charge in [-0.1, -0.05) is 49.7 Å². The number of hydrogen-bond acceptors (Lipinski definition) is 2. The highest BCUT2D eigenvalue weighted by Crippen LogP contribution is 2.11. The molecule has 0 fully saturated rings. The van der Waals surface area contributed by atoms with Crippen molar-refractivity contribution in [2.75, 3.05) is 6.61 Å². The van der Waals surface area contributed by atoms with Gasteiger partial charge in [-0.25, -0.2) is 0 Å². The second-order valence-corrected chi connectivity index (χ2v) is 12.3. The molecule has 0 spiro atoms. The van der Waals surface area contributed by atoms with Gasteiger partial charge in [-0.05, 0) is 24.2 Å². The monoisotopic (exact) mass is 325 g/mol. The van der Waals surface area contributed by atoms with Crippen LogP contribution in [-0.4, -0.2) is 25.5 Å². The Balaban J connectivity index is 2.02. The first kappa shape index (κ1) is 17.3. The van der Waals surface area contributed by atoms with E-state index in [0.717, 1.165) is 30.1 Å². The van der Waals surface area contributed by atoms with Gasteiger partial charge in [0.15, 0.2) is 6.29 Å². The maximum Gasteiger partial charge on any atom is 0.167 e. The van der Waals surface area contributed by atoms with E-state index in [1.165, 1.54) is 0 Å². The van der Waals surface area contributed by atoms with Crippen LogP contribution in [0.5, 0.6) is 0 Å². The van der Waals surface area contributed by atoms with Crippen LogP contribution in [0, 0.1) is 11.8 Å². The average molecular weight is 325 g/mol. The number of carbonyl (C=O) groups excluding carboxylic acids is 1. The summed E-state index contributed by atoms with van der Waals surface area (Å²) < 4.78 is 7.52. The van der Waals surface area contributed by atoms with Crippen molar-refractivity contribution in [1.29, 1.82) is 0 Å². The Labute approximate surface area is 139 Å². The van der Waals surface area contributed by atoms with E-state index in [4.69, 9.17) is 4.74 Å². The Morgan fingerprint density at radius 3 is 2.52 bits per heavy atom. The van der Waals surface area contributed by atoms with Crippen LogP contribution in [0.4, 0.5) is 0 Å². The molecule has 0 saturated carbocycles. The third kappa shape index (κ3) is 5.55. The molecule has 1 heterocycles. The van der Waals surface area contributed by atoms with E-state index in [-0.39, 0.29) is 0 Å². The minimum absolute atomic E-state index is 0.394. The van der Waals surface area contributed by atoms with Gasteiger partial charge in [0.1, 0.15) is 6.73 Å². The number of ether oxygens (including phenoxy) is 1. The number of aldehydes is 1. The molecule has 23 heavy (non-hydrogen) atoms. The van der Waals surface area contributed by atoms with Crippen molar-refractivity contribution < 1.29 is 9.53 Å². The normalized spacial score (nSPS) is 10.9. The van der Waals surface area contributed by atoms with Crippen LogP contribution in [0.2, 0.25) is 25.7 Å². The number of carbonyl (C=O) groups is 1. The van der Waals surface area contributed by atoms with Crippen LogP contribution >= 0.6 is 0 Å². The molecule has 0 amide bonds. The summed E-state index contributed by atoms with van der Waals surface area (Å²) in [7, 11) is -1.09. The van der Waals surface area contributed by atoms with E-state index in [1.807, 2.05) is 47.2 Å². The predicted molar refractivity (Wildman–Crippen MR) is 96.3 cm³/mol. The Hall–Kier alpha value is -2.09. The van der Waals surface area contributed by atoms with Gasteiger partial charge in [0, 0.05) is 26.4 Å². The van der Waals surface area contributed by atoms with Crippen molar-refractivity contribution >= 4 is 14.4 Å². The van der Waals surface area contributed by atoms with Crippen molar-refractivity contribution in [3.63, 3.8) is 0 Å². The molecule has 2 rings (SSSR count). The molecule has 0 radical (unpaired) electrons. The SMILES string of the molecule is C[Si](C)(C)CCOCn1ccc(C#Cc2ccccc2)c1C=O. The van der Waals surface area contributed by atoms with Gasteiger partial charge in [0.05, 0.1) is 11.3 Å². The fourth-order valence-electron chi connectivity index (χ4n) is 2.04. The number of benzene rings is 1. The Bertz CT molecular complexity index is 702. The summed E-state index contributed by atoms with van der Waals surface area (Å²) >= 11 is 0. The zero-order valence-electron chi connectivity index (χ0n) is 14.0. The van der Waals surface area contributed by atoms with E-state index in [1.54, 1.807) is 0 Å². The molecule has 0 atom stereocenters. The standard InChI is InChI=1S/C19H23NO2Si/c1-23(2,3)14-13-22-16-20-12-11-18(19(20)15-21)10-9-17-7-5-4-6-8-17/h4-8,11-12,15H,13-14,16H2,1-3H3. The second-order valence-electron chi connectivity index (χ2n) is 6.67. The van der Waals surface area contributed by atoms with Gasteiger partial charge in [0.25, 0.3) is 0 Å². The quantitative estimate of drug-likeness (QED) is 0.348. The lowest BCUT2D eigenvalue weighted by atomic mass is 10.2. The molecular formula is C19H23NO2Si. The molecule has 1 aromatic heterocycles. The molecule has 0 aliphatic rings. The third-order valence-corrected chi connectivity index (χ3v) is 5.16. The Kier molecular flexibility index (Phi) is 5.97. The number of aromatic nitrogens is 1. The van der Waals surface area contributed by atoms with Gasteiger partial charge in [0.2, 0.25) is 0 Å². The molecule has 0 aliphatic carbocycles. The smallest absolute Gasteiger partial charge is 0.167 e. The van der Waals surface area contributed by atoms with Crippen LogP contribution in [0.25, 0.3) is 0 Å². The summed E-state index contributed by atoms with van der Waals surface area (Å²) in [5, 5.41) is 0. The van der Waals surface area contributed by atoms with Crippen molar-refractivity contribution in [2.45, 2.75) is 32.4 Å². The first-order chi connectivity index (χ1) is 11.0. The summed E-state index contributed by atoms with van der Waals surface area (Å²) in [4.78, 5) is 11.4. The second kappa shape index (κ2) is 7.96. The first-order valence-electron chi connectivity index (χ1n) is 7.79. The molecule has 2 aromatic rings. The highest BCUT2D eigenvalue weighted by Gasteiger charge is 2.12. The minimum atomic E-state index is -1.09. The van der Waals surface area contributed by atoms with Crippen molar-refractivity contribution in [3.8, 4) is 11.8 Å². The van der Waals surface area contributed by atoms with Crippen molar-refractivity contribution in [1.82, 2.24) is 4.57 Å². The van der Waals surface area contributed by atoms with E-state index in [2.05, 4.69) is 31.5 Å². The van der Waals surface area contributed by atoms with Gasteiger partial charge >= 0.3 is 0 Å². The summed E-state index contributed by atoms with van der Waals surface area (Å²) in [6.07, 6.45) is 2.70. The zero-order valence-corrected chi connectivity index (χ0v) is 15.0. The average Bonchev–Trinajstić information content (AvgIpc) is 2.91. The highest BCUT2D eigenvalue weighted by atomic mass is 28.3. The van der Waals surface area contributed by atoms with Crippen molar-refractivity contribution in [3.05, 3.63) is 59.4 Å². The Morgan fingerprint density at radius 2 is 1.87 bits per heavy atom. The molecule has 1 aromatic carbocycles. The van der Waals surface area contributed by atoms with Gasteiger partial charge < -0.3 is 9.30 Å². The minimum Gasteiger partial charge on any atom is -0.361 e. The van der Waals surface area contributed by atoms with Crippen LogP contribution in [0.3, 0.4) is 0 Å². The molecule has 0 bridgehead atoms.